The van der Waals surface area contributed by atoms with Gasteiger partial charge in [-0.2, -0.15) is 4.98 Å². The molecule has 2 saturated heterocycles. The van der Waals surface area contributed by atoms with E-state index in [2.05, 4.69) is 20.9 Å². The van der Waals surface area contributed by atoms with Crippen LogP contribution in [0.1, 0.15) is 38.7 Å². The van der Waals surface area contributed by atoms with E-state index in [1.807, 2.05) is 24.3 Å². The summed E-state index contributed by atoms with van der Waals surface area (Å²) in [5.41, 5.74) is 6.41. The fourth-order valence-electron chi connectivity index (χ4n) is 4.85. The second kappa shape index (κ2) is 12.5. The van der Waals surface area contributed by atoms with Gasteiger partial charge < -0.3 is 26.2 Å². The smallest absolute Gasteiger partial charge is 0.338 e. The Kier molecular flexibility index (Phi) is 9.13. The maximum atomic E-state index is 12.7. The number of aromatic nitrogens is 2. The van der Waals surface area contributed by atoms with E-state index in [1.165, 1.54) is 23.0 Å². The van der Waals surface area contributed by atoms with Gasteiger partial charge in [0.05, 0.1) is 11.2 Å². The molecule has 2 aromatic rings. The van der Waals surface area contributed by atoms with Crippen LogP contribution in [0.15, 0.2) is 41.3 Å². The second-order valence-electron chi connectivity index (χ2n) is 10.6. The van der Waals surface area contributed by atoms with Crippen LogP contribution >= 0.6 is 0 Å². The van der Waals surface area contributed by atoms with Crippen molar-refractivity contribution in [3.63, 3.8) is 0 Å². The Balaban J connectivity index is 1.27. The lowest BCUT2D eigenvalue weighted by Gasteiger charge is -2.37. The zero-order valence-corrected chi connectivity index (χ0v) is 22.4. The number of nitrogens with one attached hydrogen (secondary N) is 3. The van der Waals surface area contributed by atoms with Crippen LogP contribution < -0.4 is 27.4 Å². The molecule has 2 aliphatic heterocycles. The Morgan fingerprint density at radius 3 is 2.45 bits per heavy atom. The first-order valence-corrected chi connectivity index (χ1v) is 13.5. The highest BCUT2D eigenvalue weighted by Crippen LogP contribution is 2.12. The third-order valence-electron chi connectivity index (χ3n) is 7.08. The molecule has 1 unspecified atom stereocenters. The lowest BCUT2D eigenvalue weighted by molar-refractivity contribution is -0.137. The summed E-state index contributed by atoms with van der Waals surface area (Å²) in [6.07, 6.45) is 6.13. The number of carbonyl (C=O) groups excluding carboxylic acids is 2. The number of carbonyl (C=O) groups is 2. The maximum Gasteiger partial charge on any atom is 0.354 e. The van der Waals surface area contributed by atoms with Crippen molar-refractivity contribution in [2.45, 2.75) is 51.1 Å². The molecule has 0 radical (unpaired) electrons. The lowest BCUT2D eigenvalue weighted by atomic mass is 10.1. The molecule has 5 N–H and O–H groups in total. The van der Waals surface area contributed by atoms with Crippen LogP contribution in [-0.4, -0.2) is 88.7 Å². The van der Waals surface area contributed by atoms with Gasteiger partial charge in [-0.25, -0.2) is 9.59 Å². The SMILES string of the molecule is CC(C)(N)C(=O)N1CCN(C(=O)Nc2ccn(-c3ccc(CCNC4CCCNCC4)cc3)c(=O)n2)CC1. The monoisotopic (exact) mass is 524 g/mol. The fourth-order valence-corrected chi connectivity index (χ4v) is 4.85. The number of anilines is 1. The van der Waals surface area contributed by atoms with Crippen molar-refractivity contribution in [3.8, 4) is 5.69 Å². The average Bonchev–Trinajstić information content (AvgIpc) is 3.17. The predicted octanol–water partition coefficient (Wildman–Crippen LogP) is 0.920. The van der Waals surface area contributed by atoms with Crippen molar-refractivity contribution >= 4 is 17.8 Å². The summed E-state index contributed by atoms with van der Waals surface area (Å²) >= 11 is 0. The molecule has 0 bridgehead atoms. The van der Waals surface area contributed by atoms with Gasteiger partial charge in [-0.3, -0.25) is 14.7 Å². The molecule has 3 heterocycles. The van der Waals surface area contributed by atoms with Crippen molar-refractivity contribution in [2.75, 3.05) is 51.1 Å². The number of hydrogen-bond donors (Lipinski definition) is 4. The van der Waals surface area contributed by atoms with Crippen molar-refractivity contribution in [1.29, 1.82) is 0 Å². The van der Waals surface area contributed by atoms with Crippen LogP contribution in [0.2, 0.25) is 0 Å². The summed E-state index contributed by atoms with van der Waals surface area (Å²) in [5, 5.41) is 9.79. The van der Waals surface area contributed by atoms with E-state index in [1.54, 1.807) is 35.9 Å². The van der Waals surface area contributed by atoms with Gasteiger partial charge in [-0.15, -0.1) is 0 Å². The van der Waals surface area contributed by atoms with Crippen LogP contribution in [0.25, 0.3) is 5.69 Å². The van der Waals surface area contributed by atoms with Crippen molar-refractivity contribution in [2.24, 2.45) is 5.73 Å². The minimum atomic E-state index is -0.942. The van der Waals surface area contributed by atoms with Gasteiger partial charge in [-0.05, 0) is 82.9 Å². The molecule has 1 aromatic carbocycles. The van der Waals surface area contributed by atoms with Crippen molar-refractivity contribution < 1.29 is 9.59 Å². The Bertz CT molecular complexity index is 1140. The third kappa shape index (κ3) is 7.40. The zero-order valence-electron chi connectivity index (χ0n) is 22.4. The molecule has 0 spiro atoms. The van der Waals surface area contributed by atoms with Gasteiger partial charge in [-0.1, -0.05) is 12.1 Å². The molecule has 0 saturated carbocycles. The number of rotatable bonds is 7. The average molecular weight is 525 g/mol. The molecular weight excluding hydrogens is 484 g/mol. The number of amides is 3. The zero-order chi connectivity index (χ0) is 27.1. The summed E-state index contributed by atoms with van der Waals surface area (Å²) in [6, 6.07) is 9.71. The van der Waals surface area contributed by atoms with E-state index in [0.29, 0.717) is 32.2 Å². The minimum absolute atomic E-state index is 0.139. The van der Waals surface area contributed by atoms with Crippen LogP contribution in [0.4, 0.5) is 10.6 Å². The van der Waals surface area contributed by atoms with E-state index in [0.717, 1.165) is 38.2 Å². The summed E-state index contributed by atoms with van der Waals surface area (Å²) in [5.74, 6) is 0.0503. The van der Waals surface area contributed by atoms with E-state index < -0.39 is 11.2 Å². The van der Waals surface area contributed by atoms with Crippen LogP contribution in [0.5, 0.6) is 0 Å². The quantitative estimate of drug-likeness (QED) is 0.423. The van der Waals surface area contributed by atoms with E-state index in [-0.39, 0.29) is 17.8 Å². The molecule has 38 heavy (non-hydrogen) atoms. The normalized spacial score (nSPS) is 18.7. The van der Waals surface area contributed by atoms with Gasteiger partial charge in [0.2, 0.25) is 5.91 Å². The molecule has 4 rings (SSSR count). The first kappa shape index (κ1) is 27.7. The highest BCUT2D eigenvalue weighted by atomic mass is 16.2. The van der Waals surface area contributed by atoms with Gasteiger partial charge in [0, 0.05) is 38.4 Å². The molecule has 11 nitrogen and oxygen atoms in total. The predicted molar refractivity (Wildman–Crippen MR) is 147 cm³/mol. The fraction of sp³-hybridized carbons (Fsp3) is 0.556. The number of hydrogen-bond acceptors (Lipinski definition) is 7. The number of urea groups is 1. The van der Waals surface area contributed by atoms with Crippen LogP contribution in [0, 0.1) is 0 Å². The summed E-state index contributed by atoms with van der Waals surface area (Å²) in [7, 11) is 0. The molecule has 11 heteroatoms. The number of benzene rings is 1. The topological polar surface area (TPSA) is 138 Å². The first-order chi connectivity index (χ1) is 18.2. The Morgan fingerprint density at radius 2 is 1.76 bits per heavy atom. The van der Waals surface area contributed by atoms with Gasteiger partial charge in [0.15, 0.2) is 0 Å². The van der Waals surface area contributed by atoms with Crippen molar-refractivity contribution in [3.05, 3.63) is 52.6 Å². The summed E-state index contributed by atoms with van der Waals surface area (Å²) < 4.78 is 1.45. The molecule has 1 aromatic heterocycles. The third-order valence-corrected chi connectivity index (χ3v) is 7.08. The number of nitrogens with zero attached hydrogens (tertiary/aromatic N) is 4. The summed E-state index contributed by atoms with van der Waals surface area (Å²) in [6.45, 7) is 8.03. The molecule has 3 amide bonds. The van der Waals surface area contributed by atoms with Gasteiger partial charge in [0.25, 0.3) is 0 Å². The standard InChI is InChI=1S/C27H40N8O3/c1-27(2,28)24(36)33-16-18-34(19-17-33)25(37)31-23-11-15-35(26(38)32-23)22-7-5-20(6-8-22)9-14-30-21-4-3-12-29-13-10-21/h5-8,11,15,21,29-30H,3-4,9-10,12-14,16-19,28H2,1-2H3,(H,31,32,37,38). The van der Waals surface area contributed by atoms with Crippen LogP contribution in [0.3, 0.4) is 0 Å². The number of nitrogens with two attached hydrogens (primary N) is 1. The van der Waals surface area contributed by atoms with Gasteiger partial charge in [0.1, 0.15) is 5.82 Å². The molecule has 2 aliphatic rings. The van der Waals surface area contributed by atoms with E-state index in [9.17, 15) is 14.4 Å². The molecule has 1 atom stereocenters. The Hall–Kier alpha value is -3.28. The van der Waals surface area contributed by atoms with Crippen molar-refractivity contribution in [1.82, 2.24) is 30.0 Å². The lowest BCUT2D eigenvalue weighted by Crippen LogP contribution is -2.58. The highest BCUT2D eigenvalue weighted by molar-refractivity contribution is 5.89. The molecule has 0 aliphatic carbocycles. The first-order valence-electron chi connectivity index (χ1n) is 13.5. The second-order valence-corrected chi connectivity index (χ2v) is 10.6. The number of piperazine rings is 1. The minimum Gasteiger partial charge on any atom is -0.338 e. The van der Waals surface area contributed by atoms with E-state index >= 15 is 0 Å². The largest absolute Gasteiger partial charge is 0.354 e. The van der Waals surface area contributed by atoms with Crippen LogP contribution in [-0.2, 0) is 11.2 Å². The molecular formula is C27H40N8O3. The van der Waals surface area contributed by atoms with E-state index in [4.69, 9.17) is 5.73 Å². The highest BCUT2D eigenvalue weighted by Gasteiger charge is 2.31. The molecule has 206 valence electrons. The summed E-state index contributed by atoms with van der Waals surface area (Å²) in [4.78, 5) is 45.0. The maximum absolute atomic E-state index is 12.7. The molecule has 2 fully saturated rings. The Labute approximate surface area is 223 Å². The van der Waals surface area contributed by atoms with Gasteiger partial charge >= 0.3 is 11.7 Å². The Morgan fingerprint density at radius 1 is 1.05 bits per heavy atom.